The van der Waals surface area contributed by atoms with Gasteiger partial charge in [-0.25, -0.2) is 9.53 Å². The number of aromatic nitrogens is 4. The minimum Gasteiger partial charge on any atom is -0.351 e. The Bertz CT molecular complexity index is 1640. The van der Waals surface area contributed by atoms with E-state index in [1.165, 1.54) is 34.0 Å². The van der Waals surface area contributed by atoms with Crippen LogP contribution in [0.2, 0.25) is 0 Å². The van der Waals surface area contributed by atoms with Gasteiger partial charge in [0, 0.05) is 17.5 Å². The van der Waals surface area contributed by atoms with E-state index in [1.807, 2.05) is 6.07 Å². The number of anilines is 3. The van der Waals surface area contributed by atoms with Crippen LogP contribution < -0.4 is 10.2 Å². The molecule has 1 aliphatic rings. The van der Waals surface area contributed by atoms with E-state index in [2.05, 4.69) is 25.4 Å². The summed E-state index contributed by atoms with van der Waals surface area (Å²) in [5.74, 6) is -0.902. The third-order valence-corrected chi connectivity index (χ3v) is 5.82. The molecule has 3 heterocycles. The van der Waals surface area contributed by atoms with Gasteiger partial charge in [-0.1, -0.05) is 23.4 Å². The van der Waals surface area contributed by atoms with Crippen molar-refractivity contribution in [2.75, 3.05) is 10.2 Å². The summed E-state index contributed by atoms with van der Waals surface area (Å²) < 4.78 is 46.7. The minimum atomic E-state index is -4.60. The number of benzene rings is 2. The maximum Gasteiger partial charge on any atom is 0.416 e. The fraction of sp³-hybridized carbons (Fsp3) is 0.120. The van der Waals surface area contributed by atoms with E-state index < -0.39 is 23.7 Å². The number of nitriles is 1. The SMILES string of the molecule is [C-]#[N+]C1=C(C)N(c2cccc(C(F)(F)F)c2)c2nc(NC(=O)c3ccno3)nn2[C@@H]1c1ccc(C#N)cc1. The van der Waals surface area contributed by atoms with Crippen LogP contribution in [0.3, 0.4) is 0 Å². The number of allylic oxidation sites excluding steroid dienone is 2. The first kappa shape index (κ1) is 24.3. The number of nitrogens with zero attached hydrogens (tertiary/aromatic N) is 7. The summed E-state index contributed by atoms with van der Waals surface area (Å²) in [4.78, 5) is 22.0. The summed E-state index contributed by atoms with van der Waals surface area (Å²) in [6.45, 7) is 9.49. The minimum absolute atomic E-state index is 0.0662. The van der Waals surface area contributed by atoms with Gasteiger partial charge >= 0.3 is 6.18 Å². The molecule has 0 spiro atoms. The van der Waals surface area contributed by atoms with Crippen molar-refractivity contribution in [3.8, 4) is 6.07 Å². The molecular weight excluding hydrogens is 501 g/mol. The highest BCUT2D eigenvalue weighted by molar-refractivity contribution is 6.01. The molecule has 4 aromatic rings. The zero-order valence-electron chi connectivity index (χ0n) is 19.4. The zero-order valence-corrected chi connectivity index (χ0v) is 19.4. The second-order valence-electron chi connectivity index (χ2n) is 8.11. The molecule has 2 aromatic carbocycles. The lowest BCUT2D eigenvalue weighted by atomic mass is 9.99. The lowest BCUT2D eigenvalue weighted by Crippen LogP contribution is -2.30. The summed E-state index contributed by atoms with van der Waals surface area (Å²) >= 11 is 0. The van der Waals surface area contributed by atoms with Crippen molar-refractivity contribution in [2.45, 2.75) is 19.1 Å². The number of alkyl halides is 3. The Morgan fingerprint density at radius 3 is 2.61 bits per heavy atom. The van der Waals surface area contributed by atoms with E-state index in [-0.39, 0.29) is 29.0 Å². The number of amides is 1. The molecular formula is C25H15F3N8O2. The maximum atomic E-state index is 13.5. The maximum absolute atomic E-state index is 13.5. The van der Waals surface area contributed by atoms with Gasteiger partial charge in [0.25, 0.3) is 11.9 Å². The number of rotatable bonds is 4. The van der Waals surface area contributed by atoms with Crippen LogP contribution in [-0.2, 0) is 6.18 Å². The molecule has 1 amide bonds. The molecule has 0 saturated carbocycles. The number of hydrogen-bond acceptors (Lipinski definition) is 7. The Hall–Kier alpha value is -5.43. The summed E-state index contributed by atoms with van der Waals surface area (Å²) in [6.07, 6.45) is -3.31. The number of halogens is 3. The molecule has 1 atom stereocenters. The van der Waals surface area contributed by atoms with Gasteiger partial charge in [-0.05, 0) is 42.8 Å². The lowest BCUT2D eigenvalue weighted by molar-refractivity contribution is -0.137. The smallest absolute Gasteiger partial charge is 0.351 e. The predicted octanol–water partition coefficient (Wildman–Crippen LogP) is 5.30. The molecule has 0 aliphatic carbocycles. The standard InChI is InChI=1S/C25H15F3N8O2/c1-14-20(30-2)21(16-8-6-15(13-29)7-9-16)36-24(33-23(34-36)32-22(37)19-10-11-31-38-19)35(14)18-5-3-4-17(12-18)25(26,27)28/h3-12,21H,1H3,(H,32,34,37)/t21-/m1/s1. The summed E-state index contributed by atoms with van der Waals surface area (Å²) in [6, 6.07) is 13.6. The first-order valence-electron chi connectivity index (χ1n) is 11.0. The average molecular weight is 516 g/mol. The quantitative estimate of drug-likeness (QED) is 0.366. The molecule has 5 rings (SSSR count). The molecule has 0 saturated heterocycles. The van der Waals surface area contributed by atoms with Crippen LogP contribution in [0.5, 0.6) is 0 Å². The highest BCUT2D eigenvalue weighted by Crippen LogP contribution is 2.44. The van der Waals surface area contributed by atoms with Crippen molar-refractivity contribution >= 4 is 23.5 Å². The zero-order chi connectivity index (χ0) is 27.0. The lowest BCUT2D eigenvalue weighted by Gasteiger charge is -2.34. The van der Waals surface area contributed by atoms with Gasteiger partial charge in [-0.3, -0.25) is 15.0 Å². The third-order valence-electron chi connectivity index (χ3n) is 5.82. The second kappa shape index (κ2) is 9.22. The molecule has 0 bridgehead atoms. The molecule has 10 nitrogen and oxygen atoms in total. The number of carbonyl (C=O) groups excluding carboxylic acids is 1. The molecule has 0 unspecified atom stereocenters. The first-order chi connectivity index (χ1) is 18.2. The fourth-order valence-electron chi connectivity index (χ4n) is 4.08. The van der Waals surface area contributed by atoms with Crippen LogP contribution in [0.15, 0.2) is 76.7 Å². The number of hydrogen-bond donors (Lipinski definition) is 1. The highest BCUT2D eigenvalue weighted by Gasteiger charge is 2.38. The molecule has 1 N–H and O–H groups in total. The third kappa shape index (κ3) is 4.22. The van der Waals surface area contributed by atoms with Gasteiger partial charge in [0.1, 0.15) is 6.04 Å². The van der Waals surface area contributed by atoms with Crippen LogP contribution in [0, 0.1) is 17.9 Å². The van der Waals surface area contributed by atoms with E-state index in [0.717, 1.165) is 12.1 Å². The van der Waals surface area contributed by atoms with Crippen LogP contribution >= 0.6 is 0 Å². The van der Waals surface area contributed by atoms with Gasteiger partial charge in [0.2, 0.25) is 17.4 Å². The van der Waals surface area contributed by atoms with Crippen molar-refractivity contribution in [1.82, 2.24) is 19.9 Å². The van der Waals surface area contributed by atoms with Crippen LogP contribution in [0.1, 0.15) is 40.2 Å². The average Bonchev–Trinajstić information content (AvgIpc) is 3.58. The van der Waals surface area contributed by atoms with Crippen molar-refractivity contribution in [1.29, 1.82) is 5.26 Å². The van der Waals surface area contributed by atoms with Crippen LogP contribution in [0.4, 0.5) is 30.8 Å². The molecule has 38 heavy (non-hydrogen) atoms. The predicted molar refractivity (Wildman–Crippen MR) is 127 cm³/mol. The molecule has 1 aliphatic heterocycles. The first-order valence-corrected chi connectivity index (χ1v) is 11.0. The topological polar surface area (TPSA) is 117 Å². The van der Waals surface area contributed by atoms with Gasteiger partial charge < -0.3 is 4.52 Å². The molecule has 188 valence electrons. The Labute approximate surface area is 213 Å². The molecule has 0 fully saturated rings. The Balaban J connectivity index is 1.68. The van der Waals surface area contributed by atoms with Gasteiger partial charge in [-0.15, -0.1) is 5.10 Å². The van der Waals surface area contributed by atoms with Gasteiger partial charge in [0.05, 0.1) is 30.0 Å². The Morgan fingerprint density at radius 2 is 1.97 bits per heavy atom. The van der Waals surface area contributed by atoms with Crippen LogP contribution in [0.25, 0.3) is 4.85 Å². The second-order valence-corrected chi connectivity index (χ2v) is 8.11. The highest BCUT2D eigenvalue weighted by atomic mass is 19.4. The van der Waals surface area contributed by atoms with Crippen molar-refractivity contribution < 1.29 is 22.5 Å². The van der Waals surface area contributed by atoms with E-state index in [4.69, 9.17) is 16.4 Å². The normalized spacial score (nSPS) is 15.0. The van der Waals surface area contributed by atoms with E-state index in [0.29, 0.717) is 16.8 Å². The summed E-state index contributed by atoms with van der Waals surface area (Å²) in [5, 5.41) is 19.5. The monoisotopic (exact) mass is 516 g/mol. The number of fused-ring (bicyclic) bond motifs is 1. The largest absolute Gasteiger partial charge is 0.416 e. The molecule has 0 radical (unpaired) electrons. The summed E-state index contributed by atoms with van der Waals surface area (Å²) in [7, 11) is 0. The van der Waals surface area contributed by atoms with Crippen molar-refractivity contribution in [3.63, 3.8) is 0 Å². The number of nitrogens with one attached hydrogen (secondary N) is 1. The molecule has 13 heteroatoms. The van der Waals surface area contributed by atoms with Gasteiger partial charge in [-0.2, -0.15) is 23.4 Å². The van der Waals surface area contributed by atoms with Gasteiger partial charge in [0.15, 0.2) is 0 Å². The van der Waals surface area contributed by atoms with Crippen LogP contribution in [-0.4, -0.2) is 25.8 Å². The fourth-order valence-corrected chi connectivity index (χ4v) is 4.08. The Kier molecular flexibility index (Phi) is 5.89. The summed E-state index contributed by atoms with van der Waals surface area (Å²) in [5.41, 5.74) is 0.681. The van der Waals surface area contributed by atoms with E-state index >= 15 is 0 Å². The van der Waals surface area contributed by atoms with Crippen molar-refractivity contribution in [2.24, 2.45) is 0 Å². The number of carbonyl (C=O) groups is 1. The molecule has 2 aromatic heterocycles. The van der Waals surface area contributed by atoms with E-state index in [9.17, 15) is 18.0 Å². The van der Waals surface area contributed by atoms with Crippen molar-refractivity contribution in [3.05, 3.63) is 106 Å². The Morgan fingerprint density at radius 1 is 1.21 bits per heavy atom. The van der Waals surface area contributed by atoms with E-state index in [1.54, 1.807) is 31.2 Å².